The van der Waals surface area contributed by atoms with Crippen LogP contribution in [0.3, 0.4) is 0 Å². The van der Waals surface area contributed by atoms with Crippen LogP contribution in [0.4, 0.5) is 0 Å². The Labute approximate surface area is 98.3 Å². The zero-order chi connectivity index (χ0) is 12.2. The second-order valence-corrected chi connectivity index (χ2v) is 4.95. The molecule has 16 heavy (non-hydrogen) atoms. The molecule has 2 heteroatoms. The van der Waals surface area contributed by atoms with E-state index in [4.69, 9.17) is 4.74 Å². The number of aliphatic hydroxyl groups is 1. The van der Waals surface area contributed by atoms with E-state index in [0.29, 0.717) is 12.5 Å². The fourth-order valence-electron chi connectivity index (χ4n) is 1.49. The average Bonchev–Trinajstić information content (AvgIpc) is 2.25. The highest BCUT2D eigenvalue weighted by Gasteiger charge is 2.15. The molecule has 0 saturated carbocycles. The monoisotopic (exact) mass is 222 g/mol. The minimum Gasteiger partial charge on any atom is -0.490 e. The SMILES string of the molecule is CCC(C)c1ccccc1OCC(C)(C)O. The summed E-state index contributed by atoms with van der Waals surface area (Å²) in [7, 11) is 0. The second kappa shape index (κ2) is 5.35. The number of para-hydroxylation sites is 1. The van der Waals surface area contributed by atoms with Gasteiger partial charge in [0.25, 0.3) is 0 Å². The zero-order valence-electron chi connectivity index (χ0n) is 10.7. The van der Waals surface area contributed by atoms with E-state index in [-0.39, 0.29) is 0 Å². The van der Waals surface area contributed by atoms with Gasteiger partial charge in [-0.1, -0.05) is 32.0 Å². The van der Waals surface area contributed by atoms with E-state index in [1.807, 2.05) is 18.2 Å². The Morgan fingerprint density at radius 3 is 2.50 bits per heavy atom. The summed E-state index contributed by atoms with van der Waals surface area (Å²) in [6.45, 7) is 8.17. The van der Waals surface area contributed by atoms with Gasteiger partial charge in [0, 0.05) is 0 Å². The zero-order valence-corrected chi connectivity index (χ0v) is 10.7. The van der Waals surface area contributed by atoms with E-state index in [1.54, 1.807) is 13.8 Å². The molecule has 0 aliphatic heterocycles. The van der Waals surface area contributed by atoms with Gasteiger partial charge < -0.3 is 9.84 Å². The normalized spacial score (nSPS) is 13.6. The van der Waals surface area contributed by atoms with Crippen LogP contribution in [-0.4, -0.2) is 17.3 Å². The summed E-state index contributed by atoms with van der Waals surface area (Å²) in [4.78, 5) is 0. The standard InChI is InChI=1S/C14H22O2/c1-5-11(2)12-8-6-7-9-13(12)16-10-14(3,4)15/h6-9,11,15H,5,10H2,1-4H3. The largest absolute Gasteiger partial charge is 0.490 e. The number of benzene rings is 1. The Hall–Kier alpha value is -1.02. The fourth-order valence-corrected chi connectivity index (χ4v) is 1.49. The highest BCUT2D eigenvalue weighted by molar-refractivity contribution is 5.35. The smallest absolute Gasteiger partial charge is 0.122 e. The number of hydrogen-bond acceptors (Lipinski definition) is 2. The summed E-state index contributed by atoms with van der Waals surface area (Å²) in [6, 6.07) is 8.05. The quantitative estimate of drug-likeness (QED) is 0.828. The van der Waals surface area contributed by atoms with E-state index in [9.17, 15) is 5.11 Å². The lowest BCUT2D eigenvalue weighted by Gasteiger charge is -2.21. The summed E-state index contributed by atoms with van der Waals surface area (Å²) in [5.41, 5.74) is 0.428. The van der Waals surface area contributed by atoms with Crippen molar-refractivity contribution < 1.29 is 9.84 Å². The Balaban J connectivity index is 2.79. The maximum Gasteiger partial charge on any atom is 0.122 e. The van der Waals surface area contributed by atoms with E-state index in [0.717, 1.165) is 12.2 Å². The molecule has 0 saturated heterocycles. The van der Waals surface area contributed by atoms with Gasteiger partial charge in [0.2, 0.25) is 0 Å². The van der Waals surface area contributed by atoms with Crippen LogP contribution in [0.1, 0.15) is 45.6 Å². The van der Waals surface area contributed by atoms with Crippen LogP contribution in [-0.2, 0) is 0 Å². The van der Waals surface area contributed by atoms with Crippen LogP contribution in [0.2, 0.25) is 0 Å². The van der Waals surface area contributed by atoms with Crippen LogP contribution in [0.25, 0.3) is 0 Å². The van der Waals surface area contributed by atoms with Crippen LogP contribution < -0.4 is 4.74 Å². The lowest BCUT2D eigenvalue weighted by molar-refractivity contribution is 0.0280. The summed E-state index contributed by atoms with van der Waals surface area (Å²) >= 11 is 0. The van der Waals surface area contributed by atoms with Crippen LogP contribution in [0, 0.1) is 0 Å². The van der Waals surface area contributed by atoms with E-state index in [2.05, 4.69) is 19.9 Å². The topological polar surface area (TPSA) is 29.5 Å². The highest BCUT2D eigenvalue weighted by Crippen LogP contribution is 2.28. The third-order valence-electron chi connectivity index (χ3n) is 2.64. The lowest BCUT2D eigenvalue weighted by atomic mass is 9.98. The van der Waals surface area contributed by atoms with Gasteiger partial charge >= 0.3 is 0 Å². The minimum atomic E-state index is -0.789. The molecule has 0 amide bonds. The molecule has 1 N–H and O–H groups in total. The van der Waals surface area contributed by atoms with E-state index < -0.39 is 5.60 Å². The summed E-state index contributed by atoms with van der Waals surface area (Å²) in [5, 5.41) is 9.64. The molecule has 0 heterocycles. The van der Waals surface area contributed by atoms with Gasteiger partial charge in [-0.3, -0.25) is 0 Å². The summed E-state index contributed by atoms with van der Waals surface area (Å²) < 4.78 is 5.67. The first kappa shape index (κ1) is 13.0. The van der Waals surface area contributed by atoms with Crippen molar-refractivity contribution in [3.8, 4) is 5.75 Å². The number of hydrogen-bond donors (Lipinski definition) is 1. The average molecular weight is 222 g/mol. The summed E-state index contributed by atoms with van der Waals surface area (Å²) in [5.74, 6) is 1.37. The maximum absolute atomic E-state index is 9.64. The van der Waals surface area contributed by atoms with Crippen molar-refractivity contribution in [2.75, 3.05) is 6.61 Å². The highest BCUT2D eigenvalue weighted by atomic mass is 16.5. The van der Waals surface area contributed by atoms with Crippen LogP contribution >= 0.6 is 0 Å². The van der Waals surface area contributed by atoms with Crippen LogP contribution in [0.5, 0.6) is 5.75 Å². The van der Waals surface area contributed by atoms with E-state index in [1.165, 1.54) is 5.56 Å². The molecule has 2 nitrogen and oxygen atoms in total. The van der Waals surface area contributed by atoms with Gasteiger partial charge in [-0.2, -0.15) is 0 Å². The Morgan fingerprint density at radius 2 is 1.94 bits per heavy atom. The van der Waals surface area contributed by atoms with Gasteiger partial charge in [0.15, 0.2) is 0 Å². The van der Waals surface area contributed by atoms with Crippen molar-refractivity contribution in [3.63, 3.8) is 0 Å². The van der Waals surface area contributed by atoms with Crippen molar-refractivity contribution in [1.82, 2.24) is 0 Å². The van der Waals surface area contributed by atoms with E-state index >= 15 is 0 Å². The van der Waals surface area contributed by atoms with Crippen molar-refractivity contribution in [1.29, 1.82) is 0 Å². The molecule has 1 rings (SSSR count). The first-order valence-electron chi connectivity index (χ1n) is 5.88. The Morgan fingerprint density at radius 1 is 1.31 bits per heavy atom. The van der Waals surface area contributed by atoms with Crippen molar-refractivity contribution in [2.24, 2.45) is 0 Å². The van der Waals surface area contributed by atoms with Crippen molar-refractivity contribution in [2.45, 2.75) is 45.6 Å². The van der Waals surface area contributed by atoms with Gasteiger partial charge in [0.1, 0.15) is 12.4 Å². The number of ether oxygens (including phenoxy) is 1. The Bertz CT molecular complexity index is 326. The summed E-state index contributed by atoms with van der Waals surface area (Å²) in [6.07, 6.45) is 1.09. The van der Waals surface area contributed by atoms with Gasteiger partial charge in [-0.05, 0) is 37.8 Å². The third kappa shape index (κ3) is 3.86. The molecule has 0 aliphatic carbocycles. The molecule has 0 radical (unpaired) electrons. The molecule has 0 aromatic heterocycles. The molecule has 1 aromatic carbocycles. The second-order valence-electron chi connectivity index (χ2n) is 4.95. The van der Waals surface area contributed by atoms with Crippen molar-refractivity contribution in [3.05, 3.63) is 29.8 Å². The molecule has 90 valence electrons. The maximum atomic E-state index is 9.64. The van der Waals surface area contributed by atoms with Crippen LogP contribution in [0.15, 0.2) is 24.3 Å². The molecule has 0 fully saturated rings. The van der Waals surface area contributed by atoms with Crippen molar-refractivity contribution >= 4 is 0 Å². The third-order valence-corrected chi connectivity index (χ3v) is 2.64. The minimum absolute atomic E-state index is 0.320. The molecule has 1 aromatic rings. The molecule has 0 spiro atoms. The first-order chi connectivity index (χ1) is 7.44. The molecule has 0 aliphatic rings. The predicted molar refractivity (Wildman–Crippen MR) is 66.9 cm³/mol. The number of rotatable bonds is 5. The molecule has 1 unspecified atom stereocenters. The Kier molecular flexibility index (Phi) is 4.36. The first-order valence-corrected chi connectivity index (χ1v) is 5.88. The van der Waals surface area contributed by atoms with Gasteiger partial charge in [-0.15, -0.1) is 0 Å². The predicted octanol–water partition coefficient (Wildman–Crippen LogP) is 3.35. The van der Waals surface area contributed by atoms with Gasteiger partial charge in [0.05, 0.1) is 5.60 Å². The fraction of sp³-hybridized carbons (Fsp3) is 0.571. The molecular weight excluding hydrogens is 200 g/mol. The molecule has 0 bridgehead atoms. The lowest BCUT2D eigenvalue weighted by Crippen LogP contribution is -2.28. The molecular formula is C14H22O2. The van der Waals surface area contributed by atoms with Gasteiger partial charge in [-0.25, -0.2) is 0 Å². The molecule has 1 atom stereocenters.